The largest absolute Gasteiger partial charge is 0.375 e. The topological polar surface area (TPSA) is 51.8 Å². The summed E-state index contributed by atoms with van der Waals surface area (Å²) in [4.78, 5) is 9.92. The van der Waals surface area contributed by atoms with Crippen molar-refractivity contribution in [1.29, 1.82) is 0 Å². The number of nitrogen functional groups attached to an aromatic ring is 1. The maximum absolute atomic E-state index is 5.88. The number of nitrogens with zero attached hydrogens (tertiary/aromatic N) is 2. The average molecular weight is 283 g/mol. The average Bonchev–Trinajstić information content (AvgIpc) is 2.80. The maximum Gasteiger partial charge on any atom is 0.180 e. The number of benzene rings is 1. The fourth-order valence-corrected chi connectivity index (χ4v) is 3.49. The van der Waals surface area contributed by atoms with Gasteiger partial charge in [0.15, 0.2) is 5.13 Å². The summed E-state index contributed by atoms with van der Waals surface area (Å²) in [5.74, 6) is 0.398. The number of pyridine rings is 1. The van der Waals surface area contributed by atoms with E-state index in [0.29, 0.717) is 11.0 Å². The molecule has 2 aromatic heterocycles. The van der Waals surface area contributed by atoms with Crippen molar-refractivity contribution >= 4 is 27.2 Å². The number of aromatic nitrogens is 2. The zero-order valence-electron chi connectivity index (χ0n) is 11.6. The second-order valence-corrected chi connectivity index (χ2v) is 6.32. The van der Waals surface area contributed by atoms with E-state index in [1.807, 2.05) is 12.4 Å². The van der Waals surface area contributed by atoms with E-state index in [1.54, 1.807) is 11.3 Å². The number of hydrogen-bond donors (Lipinski definition) is 1. The van der Waals surface area contributed by atoms with Crippen LogP contribution in [0.2, 0.25) is 0 Å². The molecule has 4 heteroatoms. The van der Waals surface area contributed by atoms with Gasteiger partial charge in [-0.2, -0.15) is 0 Å². The number of hydrogen-bond acceptors (Lipinski definition) is 4. The summed E-state index contributed by atoms with van der Waals surface area (Å²) in [6.07, 6.45) is 4.63. The van der Waals surface area contributed by atoms with Gasteiger partial charge in [-0.1, -0.05) is 32.0 Å². The van der Waals surface area contributed by atoms with E-state index in [-0.39, 0.29) is 0 Å². The molecule has 0 aliphatic heterocycles. The summed E-state index contributed by atoms with van der Waals surface area (Å²) in [5.41, 5.74) is 8.31. The molecule has 3 nitrogen and oxygen atoms in total. The molecule has 0 saturated heterocycles. The van der Waals surface area contributed by atoms with Crippen molar-refractivity contribution in [3.05, 3.63) is 52.8 Å². The van der Waals surface area contributed by atoms with Crippen LogP contribution in [-0.4, -0.2) is 9.97 Å². The highest BCUT2D eigenvalue weighted by Gasteiger charge is 2.14. The molecule has 102 valence electrons. The summed E-state index contributed by atoms with van der Waals surface area (Å²) in [7, 11) is 0. The molecule has 0 amide bonds. The Morgan fingerprint density at radius 1 is 1.25 bits per heavy atom. The molecule has 2 N–H and O–H groups in total. The first kappa shape index (κ1) is 13.1. The zero-order chi connectivity index (χ0) is 14.1. The Morgan fingerprint density at radius 3 is 2.90 bits per heavy atom. The molecule has 0 unspecified atom stereocenters. The Hall–Kier alpha value is -1.94. The maximum atomic E-state index is 5.88. The zero-order valence-corrected chi connectivity index (χ0v) is 12.4. The fourth-order valence-electron chi connectivity index (χ4n) is 2.48. The Bertz CT molecular complexity index is 741. The minimum Gasteiger partial charge on any atom is -0.375 e. The Kier molecular flexibility index (Phi) is 3.40. The minimum atomic E-state index is 0.398. The molecule has 0 spiro atoms. The van der Waals surface area contributed by atoms with Crippen LogP contribution in [0.1, 0.15) is 35.9 Å². The van der Waals surface area contributed by atoms with E-state index in [2.05, 4.69) is 48.1 Å². The van der Waals surface area contributed by atoms with Crippen LogP contribution in [0.4, 0.5) is 5.13 Å². The molecule has 1 aromatic carbocycles. The minimum absolute atomic E-state index is 0.398. The van der Waals surface area contributed by atoms with Crippen LogP contribution in [-0.2, 0) is 6.42 Å². The van der Waals surface area contributed by atoms with E-state index in [4.69, 9.17) is 5.73 Å². The van der Waals surface area contributed by atoms with Gasteiger partial charge in [0, 0.05) is 29.1 Å². The molecule has 0 fully saturated rings. The van der Waals surface area contributed by atoms with Gasteiger partial charge in [0.05, 0.1) is 5.69 Å². The molecule has 0 aliphatic rings. The highest BCUT2D eigenvalue weighted by atomic mass is 32.1. The monoisotopic (exact) mass is 283 g/mol. The third kappa shape index (κ3) is 2.39. The molecule has 0 bridgehead atoms. The molecule has 0 aliphatic carbocycles. The van der Waals surface area contributed by atoms with Crippen molar-refractivity contribution in [2.45, 2.75) is 26.2 Å². The molecule has 2 heterocycles. The van der Waals surface area contributed by atoms with Crippen molar-refractivity contribution in [1.82, 2.24) is 9.97 Å². The predicted octanol–water partition coefficient (Wildman–Crippen LogP) is 3.99. The van der Waals surface area contributed by atoms with Crippen LogP contribution in [0.3, 0.4) is 0 Å². The lowest BCUT2D eigenvalue weighted by molar-refractivity contribution is 0.820. The molecule has 0 saturated carbocycles. The third-order valence-corrected chi connectivity index (χ3v) is 4.31. The van der Waals surface area contributed by atoms with Crippen LogP contribution in [0.15, 0.2) is 36.7 Å². The number of anilines is 1. The van der Waals surface area contributed by atoms with Gasteiger partial charge < -0.3 is 5.73 Å². The second-order valence-electron chi connectivity index (χ2n) is 5.21. The fraction of sp³-hybridized carbons (Fsp3) is 0.250. The van der Waals surface area contributed by atoms with Crippen LogP contribution in [0.5, 0.6) is 0 Å². The van der Waals surface area contributed by atoms with E-state index in [0.717, 1.165) is 12.1 Å². The van der Waals surface area contributed by atoms with Gasteiger partial charge in [-0.05, 0) is 22.9 Å². The Morgan fingerprint density at radius 2 is 2.10 bits per heavy atom. The van der Waals surface area contributed by atoms with Crippen LogP contribution >= 0.6 is 11.3 Å². The first-order valence-corrected chi connectivity index (χ1v) is 7.53. The van der Waals surface area contributed by atoms with Crippen LogP contribution < -0.4 is 5.73 Å². The molecule has 3 aromatic rings. The van der Waals surface area contributed by atoms with Crippen molar-refractivity contribution in [2.24, 2.45) is 0 Å². The first-order chi connectivity index (χ1) is 9.65. The van der Waals surface area contributed by atoms with Crippen LogP contribution in [0, 0.1) is 0 Å². The van der Waals surface area contributed by atoms with E-state index in [9.17, 15) is 0 Å². The van der Waals surface area contributed by atoms with E-state index in [1.165, 1.54) is 21.2 Å². The summed E-state index contributed by atoms with van der Waals surface area (Å²) in [5, 5.41) is 3.09. The lowest BCUT2D eigenvalue weighted by atomic mass is 10.0. The van der Waals surface area contributed by atoms with Crippen molar-refractivity contribution in [3.63, 3.8) is 0 Å². The molecule has 20 heavy (non-hydrogen) atoms. The standard InChI is InChI=1S/C16H17N3S/c1-10(2)15-14(20-16(17)19-15)8-11-4-3-5-12-9-18-7-6-13(11)12/h3-7,9-10H,8H2,1-2H3,(H2,17,19). The number of rotatable bonds is 3. The summed E-state index contributed by atoms with van der Waals surface area (Å²) < 4.78 is 0. The van der Waals surface area contributed by atoms with E-state index < -0.39 is 0 Å². The molecule has 0 atom stereocenters. The smallest absolute Gasteiger partial charge is 0.180 e. The van der Waals surface area contributed by atoms with Gasteiger partial charge in [0.25, 0.3) is 0 Å². The Balaban J connectivity index is 2.06. The van der Waals surface area contributed by atoms with E-state index >= 15 is 0 Å². The molecular weight excluding hydrogens is 266 g/mol. The summed E-state index contributed by atoms with van der Waals surface area (Å²) >= 11 is 1.60. The van der Waals surface area contributed by atoms with Crippen molar-refractivity contribution < 1.29 is 0 Å². The normalized spacial score (nSPS) is 11.3. The van der Waals surface area contributed by atoms with Gasteiger partial charge in [-0.25, -0.2) is 4.98 Å². The molecule has 3 rings (SSSR count). The number of nitrogens with two attached hydrogens (primary N) is 1. The summed E-state index contributed by atoms with van der Waals surface area (Å²) in [6, 6.07) is 8.42. The lowest BCUT2D eigenvalue weighted by Crippen LogP contribution is -1.96. The Labute approximate surface area is 122 Å². The van der Waals surface area contributed by atoms with Crippen molar-refractivity contribution in [2.75, 3.05) is 5.73 Å². The van der Waals surface area contributed by atoms with Gasteiger partial charge in [0.1, 0.15) is 0 Å². The highest BCUT2D eigenvalue weighted by molar-refractivity contribution is 7.15. The van der Waals surface area contributed by atoms with Gasteiger partial charge in [-0.15, -0.1) is 11.3 Å². The van der Waals surface area contributed by atoms with Crippen LogP contribution in [0.25, 0.3) is 10.8 Å². The van der Waals surface area contributed by atoms with Gasteiger partial charge >= 0.3 is 0 Å². The third-order valence-electron chi connectivity index (χ3n) is 3.41. The SMILES string of the molecule is CC(C)c1nc(N)sc1Cc1cccc2cnccc12. The molecular formula is C16H17N3S. The summed E-state index contributed by atoms with van der Waals surface area (Å²) in [6.45, 7) is 4.32. The quantitative estimate of drug-likeness (QED) is 0.790. The number of fused-ring (bicyclic) bond motifs is 1. The first-order valence-electron chi connectivity index (χ1n) is 6.72. The van der Waals surface area contributed by atoms with Crippen molar-refractivity contribution in [3.8, 4) is 0 Å². The van der Waals surface area contributed by atoms with Gasteiger partial charge in [0.2, 0.25) is 0 Å². The number of thiazole rings is 1. The van der Waals surface area contributed by atoms with Gasteiger partial charge in [-0.3, -0.25) is 4.98 Å². The second kappa shape index (κ2) is 5.21. The predicted molar refractivity (Wildman–Crippen MR) is 85.2 cm³/mol. The lowest BCUT2D eigenvalue weighted by Gasteiger charge is -2.08. The molecule has 0 radical (unpaired) electrons. The highest BCUT2D eigenvalue weighted by Crippen LogP contribution is 2.30.